The molecule has 6 rings (SSSR count). The number of hydrogen-bond donors (Lipinski definition) is 2. The van der Waals surface area contributed by atoms with E-state index in [4.69, 9.17) is 0 Å². The first-order valence-electron chi connectivity index (χ1n) is 17.7. The molecule has 0 spiro atoms. The molecule has 4 aromatic rings. The van der Waals surface area contributed by atoms with Gasteiger partial charge in [-0.2, -0.15) is 43.9 Å². The third-order valence-electron chi connectivity index (χ3n) is 8.89. The van der Waals surface area contributed by atoms with Crippen molar-refractivity contribution in [2.24, 2.45) is 11.8 Å². The summed E-state index contributed by atoms with van der Waals surface area (Å²) in [6.45, 7) is 4.05. The highest BCUT2D eigenvalue weighted by Gasteiger charge is 2.42. The fourth-order valence-corrected chi connectivity index (χ4v) is 6.93. The molecule has 2 saturated heterocycles. The number of likely N-dealkylation sites (tertiary alicyclic amines) is 2. The van der Waals surface area contributed by atoms with Gasteiger partial charge in [-0.05, 0) is 65.0 Å². The van der Waals surface area contributed by atoms with Crippen LogP contribution in [0, 0.1) is 11.8 Å². The summed E-state index contributed by atoms with van der Waals surface area (Å²) >= 11 is 2.24. The number of anilines is 2. The molecule has 312 valence electrons. The average molecular weight is 888 g/mol. The summed E-state index contributed by atoms with van der Waals surface area (Å²) in [4.78, 5) is 30.7. The lowest BCUT2D eigenvalue weighted by Gasteiger charge is -2.18. The number of carbonyl (C=O) groups is 2. The Labute approximate surface area is 326 Å². The Morgan fingerprint density at radius 3 is 1.63 bits per heavy atom. The predicted molar refractivity (Wildman–Crippen MR) is 189 cm³/mol. The smallest absolute Gasteiger partial charge is 0.369 e. The number of aromatic nitrogens is 6. The van der Waals surface area contributed by atoms with Gasteiger partial charge >= 0.3 is 17.2 Å². The minimum Gasteiger partial charge on any atom is -0.369 e. The van der Waals surface area contributed by atoms with Crippen molar-refractivity contribution < 1.29 is 53.5 Å². The van der Waals surface area contributed by atoms with Crippen molar-refractivity contribution in [3.8, 4) is 0 Å². The molecule has 2 N–H and O–H groups in total. The fraction of sp³-hybridized carbons (Fsp3) is 0.529. The Kier molecular flexibility index (Phi) is 13.3. The van der Waals surface area contributed by atoms with Gasteiger partial charge in [-0.15, -0.1) is 10.2 Å². The van der Waals surface area contributed by atoms with Crippen LogP contribution in [0.3, 0.4) is 0 Å². The van der Waals surface area contributed by atoms with Gasteiger partial charge in [-0.1, -0.05) is 13.8 Å². The molecule has 0 bridgehead atoms. The molecule has 0 radical (unpaired) electrons. The van der Waals surface area contributed by atoms with Crippen LogP contribution in [0.5, 0.6) is 0 Å². The zero-order valence-corrected chi connectivity index (χ0v) is 32.0. The van der Waals surface area contributed by atoms with E-state index in [9.17, 15) is 53.5 Å². The van der Waals surface area contributed by atoms with Crippen LogP contribution in [-0.2, 0) is 35.0 Å². The van der Waals surface area contributed by atoms with Gasteiger partial charge in [0.2, 0.25) is 11.8 Å². The second-order valence-corrected chi connectivity index (χ2v) is 14.7. The highest BCUT2D eigenvalue weighted by molar-refractivity contribution is 9.10. The average Bonchev–Trinajstić information content (AvgIpc) is 3.85. The highest BCUT2D eigenvalue weighted by Crippen LogP contribution is 2.37. The Bertz CT molecular complexity index is 2090. The van der Waals surface area contributed by atoms with Crippen LogP contribution in [0.15, 0.2) is 36.4 Å². The summed E-state index contributed by atoms with van der Waals surface area (Å²) in [7, 11) is 0. The zero-order chi connectivity index (χ0) is 41.9. The molecule has 0 aromatic carbocycles. The maximum Gasteiger partial charge on any atom is 0.435 e. The van der Waals surface area contributed by atoms with Crippen LogP contribution >= 0.6 is 15.9 Å². The third-order valence-corrected chi connectivity index (χ3v) is 9.22. The van der Waals surface area contributed by atoms with Crippen LogP contribution in [0.4, 0.5) is 55.5 Å². The van der Waals surface area contributed by atoms with Gasteiger partial charge in [0.1, 0.15) is 11.6 Å². The first kappa shape index (κ1) is 43.4. The van der Waals surface area contributed by atoms with Crippen molar-refractivity contribution in [1.82, 2.24) is 39.0 Å². The fourth-order valence-electron chi connectivity index (χ4n) is 6.47. The number of imidazole rings is 2. The van der Waals surface area contributed by atoms with E-state index >= 15 is 0 Å². The molecule has 23 heteroatoms. The SMILES string of the molecule is CCCNc1ccc2nc(C(F)(F)F)c(CN3CC(C=C(F)F)CC3=O)n2n1.CCCNc1ccc2nc(C(F)(F)F)c(CN3CC(CC(F)(F)Br)CC3=O)n2n1. The Hall–Kier alpha value is -4.70. The van der Waals surface area contributed by atoms with Gasteiger partial charge in [-0.25, -0.2) is 19.0 Å². The number of nitrogens with one attached hydrogen (secondary N) is 2. The second kappa shape index (κ2) is 17.4. The molecule has 2 atom stereocenters. The van der Waals surface area contributed by atoms with E-state index in [-0.39, 0.29) is 48.6 Å². The van der Waals surface area contributed by atoms with E-state index in [0.29, 0.717) is 30.8 Å². The van der Waals surface area contributed by atoms with Crippen molar-refractivity contribution in [2.75, 3.05) is 36.8 Å². The van der Waals surface area contributed by atoms with Gasteiger partial charge < -0.3 is 20.4 Å². The Morgan fingerprint density at radius 1 is 0.754 bits per heavy atom. The van der Waals surface area contributed by atoms with Crippen LogP contribution in [0.2, 0.25) is 0 Å². The van der Waals surface area contributed by atoms with Crippen molar-refractivity contribution in [2.45, 2.75) is 76.2 Å². The Balaban J connectivity index is 0.000000218. The summed E-state index contributed by atoms with van der Waals surface area (Å²) in [5.41, 5.74) is -2.91. The number of fused-ring (bicyclic) bond motifs is 2. The van der Waals surface area contributed by atoms with E-state index in [2.05, 4.69) is 46.7 Å². The van der Waals surface area contributed by atoms with E-state index in [1.54, 1.807) is 0 Å². The summed E-state index contributed by atoms with van der Waals surface area (Å²) in [6.07, 6.45) is -10.0. The normalized spacial score (nSPS) is 17.8. The molecule has 2 unspecified atom stereocenters. The maximum atomic E-state index is 13.5. The molecule has 0 saturated carbocycles. The van der Waals surface area contributed by atoms with Gasteiger partial charge in [0, 0.05) is 51.4 Å². The molecule has 0 aliphatic carbocycles. The van der Waals surface area contributed by atoms with Crippen molar-refractivity contribution in [3.63, 3.8) is 0 Å². The number of carbonyl (C=O) groups excluding carboxylic acids is 2. The van der Waals surface area contributed by atoms with Crippen LogP contribution in [-0.4, -0.2) is 81.8 Å². The third kappa shape index (κ3) is 11.0. The molecule has 57 heavy (non-hydrogen) atoms. The van der Waals surface area contributed by atoms with E-state index < -0.39 is 77.8 Å². The molecule has 2 aliphatic rings. The maximum absolute atomic E-state index is 13.5. The number of nitrogens with zero attached hydrogens (tertiary/aromatic N) is 8. The number of hydrogen-bond acceptors (Lipinski definition) is 8. The molecular formula is C34H37BrF10N10O2. The van der Waals surface area contributed by atoms with Gasteiger partial charge in [0.15, 0.2) is 22.7 Å². The van der Waals surface area contributed by atoms with Crippen LogP contribution in [0.1, 0.15) is 68.7 Å². The minimum atomic E-state index is -4.74. The molecule has 2 aliphatic heterocycles. The lowest BCUT2D eigenvalue weighted by Crippen LogP contribution is -2.27. The summed E-state index contributed by atoms with van der Waals surface area (Å²) < 4.78 is 134. The second-order valence-electron chi connectivity index (χ2n) is 13.5. The molecule has 6 heterocycles. The summed E-state index contributed by atoms with van der Waals surface area (Å²) in [5.74, 6) is -1.62. The van der Waals surface area contributed by atoms with Gasteiger partial charge in [-0.3, -0.25) is 9.59 Å². The summed E-state index contributed by atoms with van der Waals surface area (Å²) in [5, 5.41) is 14.3. The summed E-state index contributed by atoms with van der Waals surface area (Å²) in [6, 6.07) is 5.86. The van der Waals surface area contributed by atoms with E-state index in [1.807, 2.05) is 13.8 Å². The van der Waals surface area contributed by atoms with Crippen molar-refractivity contribution >= 4 is 50.7 Å². The van der Waals surface area contributed by atoms with Gasteiger partial charge in [0.25, 0.3) is 6.08 Å². The van der Waals surface area contributed by atoms with E-state index in [1.165, 1.54) is 24.3 Å². The first-order chi connectivity index (χ1) is 26.7. The molecular weight excluding hydrogens is 850 g/mol. The van der Waals surface area contributed by atoms with Crippen LogP contribution in [0.25, 0.3) is 11.3 Å². The standard InChI is InChI=1S/C17H19BrF5N5O.C17H18F5N5O/c1-2-5-24-12-3-4-13-25-15(17(21,22)23)11(28(13)26-12)9-27-8-10(6-14(27)29)7-16(18,19)20;1-2-5-23-13-3-4-14-24-16(17(20,21)22)11(27(14)25-13)9-26-8-10(6-12(18)19)7-15(26)28/h3-4,10H,2,5-9H2,1H3,(H,24,26);3-4,6,10H,2,5,7-9H2,1H3,(H,23,25). The van der Waals surface area contributed by atoms with Gasteiger partial charge in [0.05, 0.1) is 24.5 Å². The molecule has 2 fully saturated rings. The number of halogens is 11. The first-order valence-corrected chi connectivity index (χ1v) is 18.5. The molecule has 2 amide bonds. The number of rotatable bonds is 13. The van der Waals surface area contributed by atoms with Crippen LogP contribution < -0.4 is 10.6 Å². The minimum absolute atomic E-state index is 0.00967. The van der Waals surface area contributed by atoms with Crippen molar-refractivity contribution in [3.05, 3.63) is 59.2 Å². The molecule has 4 aromatic heterocycles. The predicted octanol–water partition coefficient (Wildman–Crippen LogP) is 8.00. The quantitative estimate of drug-likeness (QED) is 0.102. The number of amides is 2. The highest BCUT2D eigenvalue weighted by atomic mass is 79.9. The Morgan fingerprint density at radius 2 is 1.21 bits per heavy atom. The zero-order valence-electron chi connectivity index (χ0n) is 30.4. The van der Waals surface area contributed by atoms with E-state index in [0.717, 1.165) is 31.7 Å². The largest absolute Gasteiger partial charge is 0.435 e. The number of alkyl halides is 9. The lowest BCUT2D eigenvalue weighted by molar-refractivity contribution is -0.143. The monoisotopic (exact) mass is 886 g/mol. The molecule has 12 nitrogen and oxygen atoms in total. The van der Waals surface area contributed by atoms with Crippen molar-refractivity contribution in [1.29, 1.82) is 0 Å². The lowest BCUT2D eigenvalue weighted by atomic mass is 10.1. The topological polar surface area (TPSA) is 125 Å².